The molecule has 1 aromatic heterocycles. The van der Waals surface area contributed by atoms with E-state index in [1.54, 1.807) is 18.2 Å². The molecule has 0 bridgehead atoms. The van der Waals surface area contributed by atoms with Crippen LogP contribution in [0.3, 0.4) is 0 Å². The lowest BCUT2D eigenvalue weighted by atomic mass is 10.0. The van der Waals surface area contributed by atoms with Crippen LogP contribution in [0.25, 0.3) is 16.8 Å². The number of aryl methyl sites for hydroxylation is 3. The third-order valence-corrected chi connectivity index (χ3v) is 6.58. The molecule has 4 nitrogen and oxygen atoms in total. The van der Waals surface area contributed by atoms with Crippen molar-refractivity contribution in [1.29, 1.82) is 0 Å². The minimum atomic E-state index is -0.349. The van der Waals surface area contributed by atoms with Crippen molar-refractivity contribution in [2.75, 3.05) is 5.32 Å². The molecule has 0 fully saturated rings. The van der Waals surface area contributed by atoms with Gasteiger partial charge in [0.15, 0.2) is 0 Å². The standard InChI is InChI=1S/C27H22N2O2S/c1-17-7-9-20(10-8-17)26(30)29-24(16-21-5-3-15-32-21)27(31)28-23-14-13-19-12-11-18-4-2-6-22(23)25(18)19/h2-10,13-16H,11-12H2,1H3,(H,28,31)(H,29,30)/b24-16-. The smallest absolute Gasteiger partial charge is 0.272 e. The van der Waals surface area contributed by atoms with Gasteiger partial charge in [-0.1, -0.05) is 48.0 Å². The Morgan fingerprint density at radius 3 is 2.44 bits per heavy atom. The van der Waals surface area contributed by atoms with E-state index in [1.807, 2.05) is 54.8 Å². The van der Waals surface area contributed by atoms with Crippen molar-refractivity contribution >= 4 is 45.7 Å². The molecule has 5 rings (SSSR count). The van der Waals surface area contributed by atoms with Gasteiger partial charge in [-0.2, -0.15) is 0 Å². The summed E-state index contributed by atoms with van der Waals surface area (Å²) < 4.78 is 0. The minimum Gasteiger partial charge on any atom is -0.320 e. The molecule has 2 amide bonds. The monoisotopic (exact) mass is 438 g/mol. The van der Waals surface area contributed by atoms with Crippen LogP contribution in [0.4, 0.5) is 5.69 Å². The zero-order valence-corrected chi connectivity index (χ0v) is 18.5. The fourth-order valence-electron chi connectivity index (χ4n) is 4.12. The van der Waals surface area contributed by atoms with Gasteiger partial charge < -0.3 is 10.6 Å². The van der Waals surface area contributed by atoms with Gasteiger partial charge in [-0.15, -0.1) is 11.3 Å². The molecule has 0 atom stereocenters. The number of benzene rings is 3. The highest BCUT2D eigenvalue weighted by atomic mass is 32.1. The molecule has 2 N–H and O–H groups in total. The summed E-state index contributed by atoms with van der Waals surface area (Å²) >= 11 is 1.51. The molecule has 0 aliphatic heterocycles. The second-order valence-electron chi connectivity index (χ2n) is 7.96. The van der Waals surface area contributed by atoms with E-state index in [4.69, 9.17) is 0 Å². The first-order chi connectivity index (χ1) is 15.6. The number of nitrogens with one attached hydrogen (secondary N) is 2. The molecular formula is C27H22N2O2S. The molecule has 1 aliphatic rings. The summed E-state index contributed by atoms with van der Waals surface area (Å²) in [6, 6.07) is 21.4. The van der Waals surface area contributed by atoms with Gasteiger partial charge in [-0.25, -0.2) is 0 Å². The summed E-state index contributed by atoms with van der Waals surface area (Å²) in [6.07, 6.45) is 3.77. The molecule has 158 valence electrons. The maximum absolute atomic E-state index is 13.3. The number of hydrogen-bond donors (Lipinski definition) is 2. The summed E-state index contributed by atoms with van der Waals surface area (Å²) in [7, 11) is 0. The lowest BCUT2D eigenvalue weighted by Crippen LogP contribution is -2.30. The van der Waals surface area contributed by atoms with E-state index in [0.29, 0.717) is 5.56 Å². The number of amides is 2. The van der Waals surface area contributed by atoms with Crippen LogP contribution in [-0.2, 0) is 17.6 Å². The molecule has 0 saturated heterocycles. The van der Waals surface area contributed by atoms with Crippen LogP contribution in [0, 0.1) is 6.92 Å². The molecule has 0 unspecified atom stereocenters. The van der Waals surface area contributed by atoms with Gasteiger partial charge in [-0.3, -0.25) is 9.59 Å². The number of carbonyl (C=O) groups is 2. The Morgan fingerprint density at radius 2 is 1.69 bits per heavy atom. The van der Waals surface area contributed by atoms with E-state index in [-0.39, 0.29) is 17.5 Å². The summed E-state index contributed by atoms with van der Waals surface area (Å²) in [4.78, 5) is 27.0. The molecule has 4 aromatic rings. The molecular weight excluding hydrogens is 416 g/mol. The molecule has 1 heterocycles. The highest BCUT2D eigenvalue weighted by molar-refractivity contribution is 7.10. The van der Waals surface area contributed by atoms with Crippen LogP contribution in [-0.4, -0.2) is 11.8 Å². The highest BCUT2D eigenvalue weighted by Gasteiger charge is 2.19. The maximum Gasteiger partial charge on any atom is 0.272 e. The zero-order chi connectivity index (χ0) is 22.1. The molecule has 0 spiro atoms. The molecule has 0 radical (unpaired) electrons. The average Bonchev–Trinajstić information content (AvgIpc) is 3.46. The zero-order valence-electron chi connectivity index (χ0n) is 17.6. The lowest BCUT2D eigenvalue weighted by molar-refractivity contribution is -0.113. The van der Waals surface area contributed by atoms with Crippen LogP contribution in [0.2, 0.25) is 0 Å². The van der Waals surface area contributed by atoms with Crippen molar-refractivity contribution in [1.82, 2.24) is 5.32 Å². The Labute approximate surface area is 190 Å². The predicted octanol–water partition coefficient (Wildman–Crippen LogP) is 5.72. The SMILES string of the molecule is Cc1ccc(C(=O)N/C(=C\c2cccs2)C(=O)Nc2ccc3c4c(cccc24)CC3)cc1. The topological polar surface area (TPSA) is 58.2 Å². The fourth-order valence-corrected chi connectivity index (χ4v) is 4.78. The maximum atomic E-state index is 13.3. The van der Waals surface area contributed by atoms with Gasteiger partial charge in [0.25, 0.3) is 11.8 Å². The summed E-state index contributed by atoms with van der Waals surface area (Å²) in [5, 5.41) is 10.0. The number of rotatable bonds is 5. The number of anilines is 1. The van der Waals surface area contributed by atoms with Crippen molar-refractivity contribution < 1.29 is 9.59 Å². The molecule has 5 heteroatoms. The summed E-state index contributed by atoms with van der Waals surface area (Å²) in [5.41, 5.74) is 5.17. The van der Waals surface area contributed by atoms with Crippen LogP contribution < -0.4 is 10.6 Å². The predicted molar refractivity (Wildman–Crippen MR) is 131 cm³/mol. The number of hydrogen-bond acceptors (Lipinski definition) is 3. The van der Waals surface area contributed by atoms with E-state index in [9.17, 15) is 9.59 Å². The molecule has 3 aromatic carbocycles. The van der Waals surface area contributed by atoms with Crippen LogP contribution >= 0.6 is 11.3 Å². The summed E-state index contributed by atoms with van der Waals surface area (Å²) in [6.45, 7) is 1.97. The van der Waals surface area contributed by atoms with Crippen LogP contribution in [0.5, 0.6) is 0 Å². The quantitative estimate of drug-likeness (QED) is 0.392. The summed E-state index contributed by atoms with van der Waals surface area (Å²) in [5.74, 6) is -0.666. The molecule has 0 saturated carbocycles. The van der Waals surface area contributed by atoms with Crippen LogP contribution in [0.1, 0.15) is 31.9 Å². The Hall–Kier alpha value is -3.70. The number of thiophene rings is 1. The van der Waals surface area contributed by atoms with Gasteiger partial charge in [0, 0.05) is 21.5 Å². The first-order valence-electron chi connectivity index (χ1n) is 10.6. The number of carbonyl (C=O) groups excluding carboxylic acids is 2. The van der Waals surface area contributed by atoms with Crippen LogP contribution in [0.15, 0.2) is 77.8 Å². The Balaban J connectivity index is 1.46. The van der Waals surface area contributed by atoms with E-state index in [1.165, 1.54) is 27.8 Å². The minimum absolute atomic E-state index is 0.210. The first kappa shape index (κ1) is 20.2. The van der Waals surface area contributed by atoms with E-state index in [2.05, 4.69) is 22.8 Å². The van der Waals surface area contributed by atoms with Gasteiger partial charge in [-0.05, 0) is 72.0 Å². The van der Waals surface area contributed by atoms with Gasteiger partial charge in [0.1, 0.15) is 5.70 Å². The van der Waals surface area contributed by atoms with Crippen molar-refractivity contribution in [3.05, 3.63) is 105 Å². The first-order valence-corrected chi connectivity index (χ1v) is 11.4. The van der Waals surface area contributed by atoms with E-state index >= 15 is 0 Å². The lowest BCUT2D eigenvalue weighted by Gasteiger charge is -2.13. The van der Waals surface area contributed by atoms with E-state index in [0.717, 1.165) is 34.4 Å². The Bertz CT molecular complexity index is 1340. The third kappa shape index (κ3) is 3.95. The largest absolute Gasteiger partial charge is 0.320 e. The van der Waals surface area contributed by atoms with Crippen molar-refractivity contribution in [2.24, 2.45) is 0 Å². The van der Waals surface area contributed by atoms with Gasteiger partial charge in [0.05, 0.1) is 0 Å². The molecule has 32 heavy (non-hydrogen) atoms. The van der Waals surface area contributed by atoms with E-state index < -0.39 is 0 Å². The Morgan fingerprint density at radius 1 is 0.906 bits per heavy atom. The average molecular weight is 439 g/mol. The van der Waals surface area contributed by atoms with Gasteiger partial charge >= 0.3 is 0 Å². The Kier molecular flexibility index (Phi) is 5.33. The fraction of sp³-hybridized carbons (Fsp3) is 0.111. The van der Waals surface area contributed by atoms with Crippen molar-refractivity contribution in [3.63, 3.8) is 0 Å². The van der Waals surface area contributed by atoms with Crippen molar-refractivity contribution in [3.8, 4) is 0 Å². The second-order valence-corrected chi connectivity index (χ2v) is 8.94. The molecule has 1 aliphatic carbocycles. The highest BCUT2D eigenvalue weighted by Crippen LogP contribution is 2.35. The third-order valence-electron chi connectivity index (χ3n) is 5.76. The van der Waals surface area contributed by atoms with Gasteiger partial charge in [0.2, 0.25) is 0 Å². The van der Waals surface area contributed by atoms with Crippen molar-refractivity contribution in [2.45, 2.75) is 19.8 Å². The normalized spacial score (nSPS) is 12.7. The second kappa shape index (κ2) is 8.44.